The van der Waals surface area contributed by atoms with Crippen molar-refractivity contribution in [2.45, 2.75) is 37.8 Å². The third-order valence-electron chi connectivity index (χ3n) is 4.08. The van der Waals surface area contributed by atoms with Gasteiger partial charge in [-0.15, -0.1) is 0 Å². The quantitative estimate of drug-likeness (QED) is 0.898. The summed E-state index contributed by atoms with van der Waals surface area (Å²) in [7, 11) is 1.64. The van der Waals surface area contributed by atoms with Crippen LogP contribution in [0.5, 0.6) is 0 Å². The molecule has 1 aromatic rings. The molecular formula is C15H20N2O3. The number of pyridine rings is 1. The third kappa shape index (κ3) is 2.69. The first-order valence-electron chi connectivity index (χ1n) is 7.17. The average Bonchev–Trinajstić information content (AvgIpc) is 2.94. The molecule has 1 amide bonds. The van der Waals surface area contributed by atoms with Gasteiger partial charge in [0.05, 0.1) is 24.8 Å². The van der Waals surface area contributed by atoms with Crippen LogP contribution in [-0.2, 0) is 22.3 Å². The van der Waals surface area contributed by atoms with Crippen LogP contribution in [0.25, 0.3) is 0 Å². The van der Waals surface area contributed by atoms with Crippen LogP contribution in [-0.4, -0.2) is 43.4 Å². The molecule has 1 saturated heterocycles. The number of fused-ring (bicyclic) bond motifs is 1. The summed E-state index contributed by atoms with van der Waals surface area (Å²) in [5, 5.41) is 2.97. The first-order chi connectivity index (χ1) is 9.78. The third-order valence-corrected chi connectivity index (χ3v) is 4.08. The number of amides is 1. The zero-order valence-corrected chi connectivity index (χ0v) is 11.7. The first kappa shape index (κ1) is 13.5. The minimum atomic E-state index is -0.0941. The van der Waals surface area contributed by atoms with E-state index in [1.807, 2.05) is 6.07 Å². The molecule has 0 spiro atoms. The molecule has 2 heterocycles. The summed E-state index contributed by atoms with van der Waals surface area (Å²) >= 11 is 0. The lowest BCUT2D eigenvalue weighted by atomic mass is 9.95. The maximum absolute atomic E-state index is 12.3. The van der Waals surface area contributed by atoms with Gasteiger partial charge in [0.1, 0.15) is 6.10 Å². The molecule has 5 nitrogen and oxygen atoms in total. The Hall–Kier alpha value is -1.46. The molecule has 1 N–H and O–H groups in total. The molecule has 0 aromatic carbocycles. The van der Waals surface area contributed by atoms with Gasteiger partial charge in [-0.1, -0.05) is 0 Å². The van der Waals surface area contributed by atoms with Gasteiger partial charge in [0, 0.05) is 19.0 Å². The van der Waals surface area contributed by atoms with Gasteiger partial charge in [-0.2, -0.15) is 0 Å². The number of nitrogens with zero attached hydrogens (tertiary/aromatic N) is 1. The number of hydrogen-bond donors (Lipinski definition) is 1. The molecule has 0 radical (unpaired) electrons. The minimum Gasteiger partial charge on any atom is -0.377 e. The van der Waals surface area contributed by atoms with Gasteiger partial charge in [0.2, 0.25) is 0 Å². The average molecular weight is 276 g/mol. The highest BCUT2D eigenvalue weighted by atomic mass is 16.5. The monoisotopic (exact) mass is 276 g/mol. The predicted molar refractivity (Wildman–Crippen MR) is 73.7 cm³/mol. The number of rotatable bonds is 3. The number of ether oxygens (including phenoxy) is 2. The van der Waals surface area contributed by atoms with Crippen LogP contribution >= 0.6 is 0 Å². The van der Waals surface area contributed by atoms with Crippen LogP contribution in [0.2, 0.25) is 0 Å². The van der Waals surface area contributed by atoms with Gasteiger partial charge in [-0.3, -0.25) is 9.78 Å². The fourth-order valence-corrected chi connectivity index (χ4v) is 2.87. The summed E-state index contributed by atoms with van der Waals surface area (Å²) < 4.78 is 10.6. The summed E-state index contributed by atoms with van der Waals surface area (Å²) in [6, 6.07) is 1.90. The minimum absolute atomic E-state index is 0.0652. The number of carbonyl (C=O) groups is 1. The predicted octanol–water partition coefficient (Wildman–Crippen LogP) is 1.10. The fraction of sp³-hybridized carbons (Fsp3) is 0.600. The van der Waals surface area contributed by atoms with Crippen molar-refractivity contribution < 1.29 is 14.3 Å². The SMILES string of the molecule is CO[C@H]1COC[C@@H]1NC(=O)c1cnc2c(c1)CCCC2. The van der Waals surface area contributed by atoms with Crippen LogP contribution in [0.4, 0.5) is 0 Å². The largest absolute Gasteiger partial charge is 0.377 e. The fourth-order valence-electron chi connectivity index (χ4n) is 2.87. The van der Waals surface area contributed by atoms with E-state index in [2.05, 4.69) is 10.3 Å². The van der Waals surface area contributed by atoms with E-state index in [1.54, 1.807) is 13.3 Å². The first-order valence-corrected chi connectivity index (χ1v) is 7.17. The lowest BCUT2D eigenvalue weighted by Gasteiger charge is -2.19. The zero-order chi connectivity index (χ0) is 13.9. The molecular weight excluding hydrogens is 256 g/mol. The van der Waals surface area contributed by atoms with Crippen molar-refractivity contribution in [1.82, 2.24) is 10.3 Å². The number of carbonyl (C=O) groups excluding carboxylic acids is 1. The van der Waals surface area contributed by atoms with Crippen molar-refractivity contribution in [2.75, 3.05) is 20.3 Å². The Morgan fingerprint density at radius 2 is 2.25 bits per heavy atom. The van der Waals surface area contributed by atoms with E-state index in [1.165, 1.54) is 18.4 Å². The molecule has 1 aliphatic heterocycles. The molecule has 0 unspecified atom stereocenters. The summed E-state index contributed by atoms with van der Waals surface area (Å²) in [4.78, 5) is 16.7. The Labute approximate surface area is 118 Å². The van der Waals surface area contributed by atoms with E-state index in [4.69, 9.17) is 9.47 Å². The van der Waals surface area contributed by atoms with Crippen LogP contribution in [0, 0.1) is 0 Å². The number of nitrogens with one attached hydrogen (secondary N) is 1. The zero-order valence-electron chi connectivity index (χ0n) is 11.7. The highest BCUT2D eigenvalue weighted by Gasteiger charge is 2.29. The van der Waals surface area contributed by atoms with Crippen molar-refractivity contribution in [2.24, 2.45) is 0 Å². The molecule has 2 atom stereocenters. The molecule has 0 saturated carbocycles. The standard InChI is InChI=1S/C15H20N2O3/c1-19-14-9-20-8-13(14)17-15(18)11-6-10-4-2-3-5-12(10)16-7-11/h6-7,13-14H,2-5,8-9H2,1H3,(H,17,18)/t13-,14-/m0/s1. The molecule has 108 valence electrons. The van der Waals surface area contributed by atoms with Crippen molar-refractivity contribution >= 4 is 5.91 Å². The van der Waals surface area contributed by atoms with Crippen molar-refractivity contribution in [3.05, 3.63) is 29.1 Å². The van der Waals surface area contributed by atoms with Crippen molar-refractivity contribution in [3.8, 4) is 0 Å². The van der Waals surface area contributed by atoms with Crippen LogP contribution in [0.1, 0.15) is 34.5 Å². The van der Waals surface area contributed by atoms with Crippen LogP contribution in [0.15, 0.2) is 12.3 Å². The lowest BCUT2D eigenvalue weighted by molar-refractivity contribution is 0.0685. The van der Waals surface area contributed by atoms with E-state index in [0.717, 1.165) is 18.5 Å². The van der Waals surface area contributed by atoms with Gasteiger partial charge in [-0.25, -0.2) is 0 Å². The Morgan fingerprint density at radius 1 is 1.40 bits per heavy atom. The molecule has 5 heteroatoms. The molecule has 0 bridgehead atoms. The Morgan fingerprint density at radius 3 is 3.10 bits per heavy atom. The van der Waals surface area contributed by atoms with E-state index in [-0.39, 0.29) is 18.1 Å². The topological polar surface area (TPSA) is 60.5 Å². The van der Waals surface area contributed by atoms with Crippen LogP contribution < -0.4 is 5.32 Å². The molecule has 1 aliphatic carbocycles. The Balaban J connectivity index is 1.71. The molecule has 1 fully saturated rings. The van der Waals surface area contributed by atoms with Crippen molar-refractivity contribution in [1.29, 1.82) is 0 Å². The molecule has 20 heavy (non-hydrogen) atoms. The van der Waals surface area contributed by atoms with E-state index < -0.39 is 0 Å². The number of aromatic nitrogens is 1. The molecule has 3 rings (SSSR count). The number of aryl methyl sites for hydroxylation is 2. The second-order valence-corrected chi connectivity index (χ2v) is 5.43. The van der Waals surface area contributed by atoms with Gasteiger partial charge < -0.3 is 14.8 Å². The van der Waals surface area contributed by atoms with Gasteiger partial charge in [-0.05, 0) is 37.3 Å². The highest BCUT2D eigenvalue weighted by molar-refractivity contribution is 5.94. The van der Waals surface area contributed by atoms with Crippen molar-refractivity contribution in [3.63, 3.8) is 0 Å². The summed E-state index contributed by atoms with van der Waals surface area (Å²) in [5.41, 5.74) is 2.99. The second kappa shape index (κ2) is 5.89. The van der Waals surface area contributed by atoms with E-state index in [0.29, 0.717) is 18.8 Å². The smallest absolute Gasteiger partial charge is 0.253 e. The lowest BCUT2D eigenvalue weighted by Crippen LogP contribution is -2.43. The normalized spacial score (nSPS) is 25.2. The van der Waals surface area contributed by atoms with Gasteiger partial charge in [0.15, 0.2) is 0 Å². The summed E-state index contributed by atoms with van der Waals surface area (Å²) in [6.45, 7) is 1.03. The van der Waals surface area contributed by atoms with Gasteiger partial charge in [0.25, 0.3) is 5.91 Å². The Bertz CT molecular complexity index is 504. The van der Waals surface area contributed by atoms with Gasteiger partial charge >= 0.3 is 0 Å². The maximum atomic E-state index is 12.3. The maximum Gasteiger partial charge on any atom is 0.253 e. The summed E-state index contributed by atoms with van der Waals surface area (Å²) in [5.74, 6) is -0.0941. The molecule has 1 aromatic heterocycles. The Kier molecular flexibility index (Phi) is 3.98. The summed E-state index contributed by atoms with van der Waals surface area (Å²) in [6.07, 6.45) is 6.04. The highest BCUT2D eigenvalue weighted by Crippen LogP contribution is 2.20. The molecule has 2 aliphatic rings. The van der Waals surface area contributed by atoms with E-state index in [9.17, 15) is 4.79 Å². The number of methoxy groups -OCH3 is 1. The van der Waals surface area contributed by atoms with Crippen LogP contribution in [0.3, 0.4) is 0 Å². The second-order valence-electron chi connectivity index (χ2n) is 5.43. The van der Waals surface area contributed by atoms with E-state index >= 15 is 0 Å². The number of hydrogen-bond acceptors (Lipinski definition) is 4.